The fraction of sp³-hybridized carbons (Fsp3) is 0.333. The predicted molar refractivity (Wildman–Crippen MR) is 83.9 cm³/mol. The number of rotatable bonds is 3. The maximum absolute atomic E-state index is 3.64. The van der Waals surface area contributed by atoms with Gasteiger partial charge in [0.2, 0.25) is 0 Å². The Hall–Kier alpha value is -1.76. The lowest BCUT2D eigenvalue weighted by Crippen LogP contribution is -2.09. The monoisotopic (exact) mass is 253 g/mol. The second-order valence-electron chi connectivity index (χ2n) is 5.47. The number of hydrogen-bond donors (Lipinski definition) is 1. The Morgan fingerprint density at radius 1 is 0.895 bits per heavy atom. The number of anilines is 1. The number of hydrogen-bond acceptors (Lipinski definition) is 1. The van der Waals surface area contributed by atoms with Crippen LogP contribution in [0.5, 0.6) is 0 Å². The summed E-state index contributed by atoms with van der Waals surface area (Å²) < 4.78 is 0. The zero-order valence-electron chi connectivity index (χ0n) is 12.5. The van der Waals surface area contributed by atoms with Crippen LogP contribution in [-0.2, 0) is 0 Å². The summed E-state index contributed by atoms with van der Waals surface area (Å²) in [7, 11) is 0. The van der Waals surface area contributed by atoms with E-state index in [0.717, 1.165) is 0 Å². The van der Waals surface area contributed by atoms with Gasteiger partial charge < -0.3 is 5.32 Å². The topological polar surface area (TPSA) is 12.0 Å². The van der Waals surface area contributed by atoms with E-state index in [2.05, 4.69) is 76.3 Å². The predicted octanol–water partition coefficient (Wildman–Crippen LogP) is 5.09. The highest BCUT2D eigenvalue weighted by molar-refractivity contribution is 5.55. The van der Waals surface area contributed by atoms with Crippen LogP contribution in [0.4, 0.5) is 5.69 Å². The fourth-order valence-electron chi connectivity index (χ4n) is 2.44. The Morgan fingerprint density at radius 2 is 1.63 bits per heavy atom. The zero-order valence-corrected chi connectivity index (χ0v) is 12.5. The van der Waals surface area contributed by atoms with Crippen molar-refractivity contribution in [2.45, 2.75) is 40.7 Å². The highest BCUT2D eigenvalue weighted by atomic mass is 14.9. The van der Waals surface area contributed by atoms with E-state index in [1.54, 1.807) is 0 Å². The van der Waals surface area contributed by atoms with Crippen LogP contribution in [0.25, 0.3) is 0 Å². The summed E-state index contributed by atoms with van der Waals surface area (Å²) in [5.41, 5.74) is 7.93. The molecule has 0 saturated carbocycles. The molecule has 1 nitrogen and oxygen atoms in total. The van der Waals surface area contributed by atoms with Crippen molar-refractivity contribution < 1.29 is 0 Å². The molecule has 0 bridgehead atoms. The van der Waals surface area contributed by atoms with E-state index >= 15 is 0 Å². The van der Waals surface area contributed by atoms with Gasteiger partial charge in [-0.15, -0.1) is 0 Å². The van der Waals surface area contributed by atoms with E-state index in [9.17, 15) is 0 Å². The van der Waals surface area contributed by atoms with E-state index in [1.165, 1.54) is 33.5 Å². The van der Waals surface area contributed by atoms with E-state index < -0.39 is 0 Å². The molecular formula is C18H23N. The minimum absolute atomic E-state index is 0.320. The second kappa shape index (κ2) is 5.48. The van der Waals surface area contributed by atoms with Crippen LogP contribution in [0, 0.1) is 27.7 Å². The average molecular weight is 253 g/mol. The summed E-state index contributed by atoms with van der Waals surface area (Å²) in [5, 5.41) is 3.64. The van der Waals surface area contributed by atoms with Gasteiger partial charge in [0, 0.05) is 11.7 Å². The van der Waals surface area contributed by atoms with Crippen LogP contribution >= 0.6 is 0 Å². The Morgan fingerprint density at radius 3 is 2.37 bits per heavy atom. The van der Waals surface area contributed by atoms with Gasteiger partial charge in [-0.2, -0.15) is 0 Å². The van der Waals surface area contributed by atoms with E-state index in [-0.39, 0.29) is 0 Å². The summed E-state index contributed by atoms with van der Waals surface area (Å²) in [4.78, 5) is 0. The van der Waals surface area contributed by atoms with Crippen molar-refractivity contribution >= 4 is 5.69 Å². The molecule has 0 aliphatic rings. The first-order chi connectivity index (χ1) is 8.99. The van der Waals surface area contributed by atoms with Gasteiger partial charge in [-0.1, -0.05) is 35.9 Å². The molecular weight excluding hydrogens is 230 g/mol. The molecule has 19 heavy (non-hydrogen) atoms. The fourth-order valence-corrected chi connectivity index (χ4v) is 2.44. The Balaban J connectivity index is 2.28. The smallest absolute Gasteiger partial charge is 0.0488 e. The van der Waals surface area contributed by atoms with Crippen LogP contribution in [0.15, 0.2) is 36.4 Å². The van der Waals surface area contributed by atoms with Crippen LogP contribution in [0.2, 0.25) is 0 Å². The van der Waals surface area contributed by atoms with E-state index in [0.29, 0.717) is 6.04 Å². The first kappa shape index (κ1) is 13.7. The Labute approximate surface area is 116 Å². The van der Waals surface area contributed by atoms with Crippen molar-refractivity contribution in [1.29, 1.82) is 0 Å². The highest BCUT2D eigenvalue weighted by Gasteiger charge is 2.10. The lowest BCUT2D eigenvalue weighted by atomic mass is 9.99. The minimum Gasteiger partial charge on any atom is -0.378 e. The summed E-state index contributed by atoms with van der Waals surface area (Å²) >= 11 is 0. The summed E-state index contributed by atoms with van der Waals surface area (Å²) in [6.45, 7) is 10.9. The van der Waals surface area contributed by atoms with Gasteiger partial charge in [0.15, 0.2) is 0 Å². The molecule has 2 rings (SSSR count). The summed E-state index contributed by atoms with van der Waals surface area (Å²) in [5.74, 6) is 0. The second-order valence-corrected chi connectivity index (χ2v) is 5.47. The minimum atomic E-state index is 0.320. The lowest BCUT2D eigenvalue weighted by Gasteiger charge is -2.20. The SMILES string of the molecule is Cc1ccc(C)c(C(C)Nc2cccc(C)c2C)c1. The number of aryl methyl sites for hydroxylation is 3. The number of nitrogens with one attached hydrogen (secondary N) is 1. The maximum atomic E-state index is 3.64. The van der Waals surface area contributed by atoms with Gasteiger partial charge in [-0.3, -0.25) is 0 Å². The molecule has 1 N–H and O–H groups in total. The first-order valence-corrected chi connectivity index (χ1v) is 6.89. The Kier molecular flexibility index (Phi) is 3.94. The number of benzene rings is 2. The molecule has 0 aliphatic carbocycles. The van der Waals surface area contributed by atoms with Crippen LogP contribution in [-0.4, -0.2) is 0 Å². The molecule has 1 unspecified atom stereocenters. The molecule has 100 valence electrons. The molecule has 0 aliphatic heterocycles. The largest absolute Gasteiger partial charge is 0.378 e. The normalized spacial score (nSPS) is 12.3. The molecule has 1 heteroatoms. The van der Waals surface area contributed by atoms with Gasteiger partial charge in [0.1, 0.15) is 0 Å². The van der Waals surface area contributed by atoms with Crippen molar-refractivity contribution in [2.75, 3.05) is 5.32 Å². The standard InChI is InChI=1S/C18H23N/c1-12-9-10-14(3)17(11-12)16(5)19-18-8-6-7-13(2)15(18)4/h6-11,16,19H,1-5H3. The maximum Gasteiger partial charge on any atom is 0.0488 e. The molecule has 0 spiro atoms. The van der Waals surface area contributed by atoms with E-state index in [1.807, 2.05) is 0 Å². The van der Waals surface area contributed by atoms with Gasteiger partial charge in [-0.25, -0.2) is 0 Å². The van der Waals surface area contributed by atoms with Gasteiger partial charge in [0.05, 0.1) is 0 Å². The molecule has 0 aromatic heterocycles. The van der Waals surface area contributed by atoms with Gasteiger partial charge in [0.25, 0.3) is 0 Å². The van der Waals surface area contributed by atoms with Crippen molar-refractivity contribution in [3.05, 3.63) is 64.2 Å². The molecule has 0 heterocycles. The van der Waals surface area contributed by atoms with Gasteiger partial charge in [-0.05, 0) is 62.9 Å². The van der Waals surface area contributed by atoms with Crippen molar-refractivity contribution in [1.82, 2.24) is 0 Å². The van der Waals surface area contributed by atoms with Crippen molar-refractivity contribution in [3.63, 3.8) is 0 Å². The third-order valence-electron chi connectivity index (χ3n) is 3.88. The molecule has 2 aromatic rings. The van der Waals surface area contributed by atoms with Gasteiger partial charge >= 0.3 is 0 Å². The van der Waals surface area contributed by atoms with Crippen molar-refractivity contribution in [3.8, 4) is 0 Å². The summed E-state index contributed by atoms with van der Waals surface area (Å²) in [6.07, 6.45) is 0. The Bertz CT molecular complexity index is 584. The van der Waals surface area contributed by atoms with Crippen LogP contribution in [0.1, 0.15) is 40.8 Å². The third kappa shape index (κ3) is 2.98. The molecule has 0 fully saturated rings. The third-order valence-corrected chi connectivity index (χ3v) is 3.88. The molecule has 0 saturated heterocycles. The summed E-state index contributed by atoms with van der Waals surface area (Å²) in [6, 6.07) is 13.4. The molecule has 0 amide bonds. The quantitative estimate of drug-likeness (QED) is 0.803. The van der Waals surface area contributed by atoms with Crippen LogP contribution < -0.4 is 5.32 Å². The average Bonchev–Trinajstić information content (AvgIpc) is 2.38. The lowest BCUT2D eigenvalue weighted by molar-refractivity contribution is 0.869. The first-order valence-electron chi connectivity index (χ1n) is 6.89. The zero-order chi connectivity index (χ0) is 14.0. The van der Waals surface area contributed by atoms with E-state index in [4.69, 9.17) is 0 Å². The van der Waals surface area contributed by atoms with Crippen molar-refractivity contribution in [2.24, 2.45) is 0 Å². The molecule has 1 atom stereocenters. The van der Waals surface area contributed by atoms with Crippen LogP contribution in [0.3, 0.4) is 0 Å². The highest BCUT2D eigenvalue weighted by Crippen LogP contribution is 2.26. The molecule has 0 radical (unpaired) electrons. The molecule has 2 aromatic carbocycles.